The zero-order valence-corrected chi connectivity index (χ0v) is 14.8. The molecule has 9 nitrogen and oxygen atoms in total. The second-order valence-electron chi connectivity index (χ2n) is 6.55. The van der Waals surface area contributed by atoms with Crippen LogP contribution in [0.3, 0.4) is 0 Å². The lowest BCUT2D eigenvalue weighted by molar-refractivity contribution is 0.235. The quantitative estimate of drug-likeness (QED) is 0.580. The highest BCUT2D eigenvalue weighted by Gasteiger charge is 2.20. The maximum Gasteiger partial charge on any atom is 0.223 e. The fourth-order valence-corrected chi connectivity index (χ4v) is 3.54. The Morgan fingerprint density at radius 3 is 3.07 bits per heavy atom. The Kier molecular flexibility index (Phi) is 3.61. The second kappa shape index (κ2) is 6.13. The molecule has 0 amide bonds. The molecule has 1 aromatic carbocycles. The molecule has 5 rings (SSSR count). The smallest absolute Gasteiger partial charge is 0.223 e. The third kappa shape index (κ3) is 2.63. The van der Waals surface area contributed by atoms with Gasteiger partial charge < -0.3 is 10.5 Å². The highest BCUT2D eigenvalue weighted by molar-refractivity contribution is 5.95. The summed E-state index contributed by atoms with van der Waals surface area (Å²) in [5, 5.41) is 5.43. The van der Waals surface area contributed by atoms with Gasteiger partial charge >= 0.3 is 0 Å². The third-order valence-corrected chi connectivity index (χ3v) is 4.87. The number of para-hydroxylation sites is 1. The molecular formula is C18H18N8O. The van der Waals surface area contributed by atoms with Crippen molar-refractivity contribution in [2.24, 2.45) is 0 Å². The number of ether oxygens (including phenoxy) is 1. The summed E-state index contributed by atoms with van der Waals surface area (Å²) in [6.07, 6.45) is 4.42. The van der Waals surface area contributed by atoms with Crippen LogP contribution >= 0.6 is 0 Å². The number of methoxy groups -OCH3 is 1. The van der Waals surface area contributed by atoms with E-state index in [2.05, 4.69) is 25.0 Å². The van der Waals surface area contributed by atoms with Gasteiger partial charge in [-0.2, -0.15) is 4.52 Å². The summed E-state index contributed by atoms with van der Waals surface area (Å²) in [6, 6.07) is 5.72. The molecule has 0 saturated heterocycles. The van der Waals surface area contributed by atoms with E-state index in [0.29, 0.717) is 29.3 Å². The number of aromatic nitrogens is 6. The van der Waals surface area contributed by atoms with E-state index in [0.717, 1.165) is 30.6 Å². The number of nitrogens with zero attached hydrogens (tertiary/aromatic N) is 7. The molecule has 4 heterocycles. The Balaban J connectivity index is 1.52. The molecule has 136 valence electrons. The monoisotopic (exact) mass is 362 g/mol. The van der Waals surface area contributed by atoms with Crippen molar-refractivity contribution in [1.29, 1.82) is 0 Å². The lowest BCUT2D eigenvalue weighted by Gasteiger charge is -2.26. The van der Waals surface area contributed by atoms with E-state index >= 15 is 0 Å². The van der Waals surface area contributed by atoms with Crippen molar-refractivity contribution in [3.05, 3.63) is 47.8 Å². The number of hydrogen-bond acceptors (Lipinski definition) is 8. The van der Waals surface area contributed by atoms with Gasteiger partial charge in [0.25, 0.3) is 0 Å². The molecule has 0 bridgehead atoms. The fourth-order valence-electron chi connectivity index (χ4n) is 3.54. The number of nitrogen functional groups attached to an aromatic ring is 1. The van der Waals surface area contributed by atoms with Gasteiger partial charge in [0.1, 0.15) is 17.6 Å². The van der Waals surface area contributed by atoms with Gasteiger partial charge in [0.2, 0.25) is 5.95 Å². The number of rotatable bonds is 3. The molecule has 0 radical (unpaired) electrons. The largest absolute Gasteiger partial charge is 0.494 e. The van der Waals surface area contributed by atoms with Crippen LogP contribution in [0.4, 0.5) is 5.95 Å². The van der Waals surface area contributed by atoms with E-state index in [4.69, 9.17) is 15.5 Å². The van der Waals surface area contributed by atoms with Crippen molar-refractivity contribution >= 4 is 22.5 Å². The summed E-state index contributed by atoms with van der Waals surface area (Å²) in [7, 11) is 1.61. The van der Waals surface area contributed by atoms with Gasteiger partial charge in [-0.05, 0) is 24.1 Å². The van der Waals surface area contributed by atoms with Gasteiger partial charge in [0.05, 0.1) is 19.3 Å². The summed E-state index contributed by atoms with van der Waals surface area (Å²) in [4.78, 5) is 19.9. The first-order valence-electron chi connectivity index (χ1n) is 8.71. The first kappa shape index (κ1) is 15.9. The van der Waals surface area contributed by atoms with Gasteiger partial charge in [-0.25, -0.2) is 19.9 Å². The molecule has 0 aliphatic carbocycles. The Labute approximate surface area is 154 Å². The minimum absolute atomic E-state index is 0.289. The van der Waals surface area contributed by atoms with Crippen molar-refractivity contribution in [3.8, 4) is 5.75 Å². The third-order valence-electron chi connectivity index (χ3n) is 4.87. The normalized spacial score (nSPS) is 14.6. The van der Waals surface area contributed by atoms with Gasteiger partial charge in [-0.1, -0.05) is 6.07 Å². The van der Waals surface area contributed by atoms with E-state index in [1.165, 1.54) is 5.56 Å². The fraction of sp³-hybridized carbons (Fsp3) is 0.278. The average Bonchev–Trinajstić information content (AvgIpc) is 3.12. The molecule has 0 unspecified atom stereocenters. The molecule has 27 heavy (non-hydrogen) atoms. The van der Waals surface area contributed by atoms with E-state index in [9.17, 15) is 0 Å². The first-order valence-corrected chi connectivity index (χ1v) is 8.71. The zero-order chi connectivity index (χ0) is 18.4. The number of anilines is 1. The predicted octanol–water partition coefficient (Wildman–Crippen LogP) is 1.22. The SMILES string of the molecule is COc1cccc2c1nc(N)n1nc(CN3CCc4cncnc4C3)nc21. The molecule has 0 saturated carbocycles. The molecule has 2 N–H and O–H groups in total. The summed E-state index contributed by atoms with van der Waals surface area (Å²) >= 11 is 0. The van der Waals surface area contributed by atoms with Gasteiger partial charge in [-0.3, -0.25) is 4.90 Å². The maximum absolute atomic E-state index is 6.12. The topological polar surface area (TPSA) is 107 Å². The number of fused-ring (bicyclic) bond motifs is 4. The summed E-state index contributed by atoms with van der Waals surface area (Å²) in [5.74, 6) is 1.66. The minimum atomic E-state index is 0.289. The Bertz CT molecular complexity index is 1150. The Hall–Kier alpha value is -3.33. The summed E-state index contributed by atoms with van der Waals surface area (Å²) in [6.45, 7) is 2.30. The predicted molar refractivity (Wildman–Crippen MR) is 99.1 cm³/mol. The first-order chi connectivity index (χ1) is 13.2. The standard InChI is InChI=1S/C18H18N8O/c1-27-14-4-2-3-12-16(14)23-18(19)26-17(12)22-15(24-26)9-25-6-5-11-7-20-10-21-13(11)8-25/h2-4,7,10H,5-6,8-9H2,1H3,(H2,19,23). The second-order valence-corrected chi connectivity index (χ2v) is 6.55. The molecule has 1 aliphatic heterocycles. The van der Waals surface area contributed by atoms with E-state index in [-0.39, 0.29) is 5.95 Å². The van der Waals surface area contributed by atoms with Gasteiger partial charge in [0, 0.05) is 24.7 Å². The van der Waals surface area contributed by atoms with Crippen LogP contribution in [0.5, 0.6) is 5.75 Å². The molecule has 0 atom stereocenters. The van der Waals surface area contributed by atoms with Crippen LogP contribution in [0.25, 0.3) is 16.6 Å². The summed E-state index contributed by atoms with van der Waals surface area (Å²) in [5.41, 5.74) is 9.77. The number of hydrogen-bond donors (Lipinski definition) is 1. The van der Waals surface area contributed by atoms with Crippen molar-refractivity contribution < 1.29 is 4.74 Å². The molecular weight excluding hydrogens is 344 g/mol. The van der Waals surface area contributed by atoms with Crippen LogP contribution in [-0.4, -0.2) is 48.1 Å². The average molecular weight is 362 g/mol. The van der Waals surface area contributed by atoms with Gasteiger partial charge in [-0.15, -0.1) is 5.10 Å². The number of benzene rings is 1. The molecule has 9 heteroatoms. The molecule has 4 aromatic rings. The molecule has 3 aromatic heterocycles. The zero-order valence-electron chi connectivity index (χ0n) is 14.8. The maximum atomic E-state index is 6.12. The minimum Gasteiger partial charge on any atom is -0.494 e. The van der Waals surface area contributed by atoms with Crippen molar-refractivity contribution in [3.63, 3.8) is 0 Å². The molecule has 0 spiro atoms. The van der Waals surface area contributed by atoms with Crippen LogP contribution in [0.2, 0.25) is 0 Å². The van der Waals surface area contributed by atoms with Crippen molar-refractivity contribution in [2.75, 3.05) is 19.4 Å². The lowest BCUT2D eigenvalue weighted by Crippen LogP contribution is -2.31. The van der Waals surface area contributed by atoms with E-state index < -0.39 is 0 Å². The van der Waals surface area contributed by atoms with Crippen LogP contribution in [0, 0.1) is 0 Å². The van der Waals surface area contributed by atoms with Crippen molar-refractivity contribution in [1.82, 2.24) is 34.4 Å². The van der Waals surface area contributed by atoms with Crippen LogP contribution in [0.15, 0.2) is 30.7 Å². The van der Waals surface area contributed by atoms with E-state index in [1.54, 1.807) is 18.0 Å². The molecule has 0 fully saturated rings. The Morgan fingerprint density at radius 1 is 1.26 bits per heavy atom. The van der Waals surface area contributed by atoms with Crippen molar-refractivity contribution in [2.45, 2.75) is 19.5 Å². The van der Waals surface area contributed by atoms with Gasteiger partial charge in [0.15, 0.2) is 11.5 Å². The highest BCUT2D eigenvalue weighted by Crippen LogP contribution is 2.27. The lowest BCUT2D eigenvalue weighted by atomic mass is 10.1. The van der Waals surface area contributed by atoms with Crippen LogP contribution in [-0.2, 0) is 19.5 Å². The number of nitrogens with two attached hydrogens (primary N) is 1. The molecule has 1 aliphatic rings. The van der Waals surface area contributed by atoms with Crippen LogP contribution < -0.4 is 10.5 Å². The summed E-state index contributed by atoms with van der Waals surface area (Å²) < 4.78 is 6.99. The highest BCUT2D eigenvalue weighted by atomic mass is 16.5. The Morgan fingerprint density at radius 2 is 2.19 bits per heavy atom. The van der Waals surface area contributed by atoms with E-state index in [1.807, 2.05) is 24.4 Å². The van der Waals surface area contributed by atoms with Crippen LogP contribution in [0.1, 0.15) is 17.1 Å².